The van der Waals surface area contributed by atoms with E-state index in [1.54, 1.807) is 30.5 Å². The molecule has 2 N–H and O–H groups in total. The molecule has 2 aromatic rings. The minimum atomic E-state index is -4.29. The Morgan fingerprint density at radius 1 is 1.29 bits per heavy atom. The number of alkyl halides is 3. The van der Waals surface area contributed by atoms with Crippen molar-refractivity contribution in [2.75, 3.05) is 26.7 Å². The highest BCUT2D eigenvalue weighted by Gasteiger charge is 2.30. The van der Waals surface area contributed by atoms with Gasteiger partial charge in [-0.2, -0.15) is 13.2 Å². The molecule has 1 unspecified atom stereocenters. The highest BCUT2D eigenvalue weighted by atomic mass is 127. The molecule has 1 aromatic heterocycles. The van der Waals surface area contributed by atoms with E-state index < -0.39 is 11.7 Å². The van der Waals surface area contributed by atoms with Crippen molar-refractivity contribution in [1.82, 2.24) is 20.5 Å². The summed E-state index contributed by atoms with van der Waals surface area (Å²) in [5, 5.41) is 7.91. The number of likely N-dealkylation sites (tertiary alicyclic amines) is 1. The predicted octanol–water partition coefficient (Wildman–Crippen LogP) is 4.32. The van der Waals surface area contributed by atoms with Gasteiger partial charge in [0.25, 0.3) is 0 Å². The van der Waals surface area contributed by atoms with Crippen molar-refractivity contribution in [2.24, 2.45) is 4.99 Å². The maximum atomic E-state index is 12.7. The Labute approximate surface area is 202 Å². The number of aryl methyl sites for hydroxylation is 1. The van der Waals surface area contributed by atoms with Crippen LogP contribution in [0.3, 0.4) is 0 Å². The second-order valence-corrected chi connectivity index (χ2v) is 8.58. The van der Waals surface area contributed by atoms with Crippen molar-refractivity contribution in [1.29, 1.82) is 0 Å². The van der Waals surface area contributed by atoms with Crippen LogP contribution >= 0.6 is 35.3 Å². The molecule has 0 spiro atoms. The number of nitrogens with one attached hydrogen (secondary N) is 2. The number of hydrogen-bond donors (Lipinski definition) is 2. The summed E-state index contributed by atoms with van der Waals surface area (Å²) in [6.45, 7) is 5.26. The minimum absolute atomic E-state index is 0. The third-order valence-electron chi connectivity index (χ3n) is 5.11. The zero-order valence-electron chi connectivity index (χ0n) is 17.7. The quantitative estimate of drug-likeness (QED) is 0.298. The van der Waals surface area contributed by atoms with E-state index in [1.165, 1.54) is 4.88 Å². The molecule has 1 saturated heterocycles. The first kappa shape index (κ1) is 25.9. The second kappa shape index (κ2) is 12.0. The summed E-state index contributed by atoms with van der Waals surface area (Å²) in [7, 11) is 1.75. The molecule has 1 aromatic carbocycles. The zero-order chi connectivity index (χ0) is 21.6. The summed E-state index contributed by atoms with van der Waals surface area (Å²) in [6.07, 6.45) is 0.488. The van der Waals surface area contributed by atoms with Crippen molar-refractivity contribution in [3.05, 3.63) is 51.5 Å². The molecule has 3 rings (SSSR count). The highest BCUT2D eigenvalue weighted by molar-refractivity contribution is 14.0. The fourth-order valence-corrected chi connectivity index (χ4v) is 4.32. The molecule has 1 atom stereocenters. The average Bonchev–Trinajstić information content (AvgIpc) is 3.36. The first-order valence-corrected chi connectivity index (χ1v) is 11.0. The molecule has 1 aliphatic rings. The molecule has 172 valence electrons. The van der Waals surface area contributed by atoms with Gasteiger partial charge < -0.3 is 10.6 Å². The minimum Gasteiger partial charge on any atom is -0.356 e. The zero-order valence-corrected chi connectivity index (χ0v) is 20.9. The largest absolute Gasteiger partial charge is 0.416 e. The van der Waals surface area contributed by atoms with Crippen LogP contribution in [0.2, 0.25) is 0 Å². The number of rotatable bonds is 7. The van der Waals surface area contributed by atoms with Crippen LogP contribution < -0.4 is 10.6 Å². The van der Waals surface area contributed by atoms with Gasteiger partial charge in [0.2, 0.25) is 0 Å². The Morgan fingerprint density at radius 3 is 2.65 bits per heavy atom. The van der Waals surface area contributed by atoms with Crippen molar-refractivity contribution in [2.45, 2.75) is 44.9 Å². The Morgan fingerprint density at radius 2 is 2.03 bits per heavy atom. The molecule has 0 radical (unpaired) electrons. The predicted molar refractivity (Wildman–Crippen MR) is 130 cm³/mol. The van der Waals surface area contributed by atoms with Crippen LogP contribution in [0, 0.1) is 0 Å². The van der Waals surface area contributed by atoms with Gasteiger partial charge in [-0.25, -0.2) is 4.98 Å². The van der Waals surface area contributed by atoms with Gasteiger partial charge in [-0.3, -0.25) is 9.89 Å². The molecule has 2 heterocycles. The summed E-state index contributed by atoms with van der Waals surface area (Å²) in [4.78, 5) is 12.3. The summed E-state index contributed by atoms with van der Waals surface area (Å²) in [5.74, 6) is 0.767. The van der Waals surface area contributed by atoms with Crippen LogP contribution in [0.25, 0.3) is 0 Å². The summed E-state index contributed by atoms with van der Waals surface area (Å²) in [6, 6.07) is 5.69. The lowest BCUT2D eigenvalue weighted by atomic mass is 10.1. The maximum absolute atomic E-state index is 12.7. The second-order valence-electron chi connectivity index (χ2n) is 7.38. The van der Waals surface area contributed by atoms with E-state index in [9.17, 15) is 13.2 Å². The number of benzene rings is 1. The number of nitrogens with zero attached hydrogens (tertiary/aromatic N) is 3. The molecule has 0 saturated carbocycles. The Kier molecular flexibility index (Phi) is 10.0. The van der Waals surface area contributed by atoms with E-state index in [2.05, 4.69) is 32.4 Å². The molecule has 0 amide bonds. The van der Waals surface area contributed by atoms with Gasteiger partial charge in [0.1, 0.15) is 0 Å². The maximum Gasteiger partial charge on any atom is 0.416 e. The van der Waals surface area contributed by atoms with Gasteiger partial charge in [0.05, 0.1) is 10.6 Å². The van der Waals surface area contributed by atoms with Crippen molar-refractivity contribution >= 4 is 41.3 Å². The van der Waals surface area contributed by atoms with Crippen LogP contribution in [-0.4, -0.2) is 48.6 Å². The van der Waals surface area contributed by atoms with Gasteiger partial charge in [0.15, 0.2) is 5.96 Å². The van der Waals surface area contributed by atoms with Crippen LogP contribution in [-0.2, 0) is 25.6 Å². The van der Waals surface area contributed by atoms with Crippen molar-refractivity contribution < 1.29 is 13.2 Å². The third-order valence-corrected chi connectivity index (χ3v) is 6.31. The first-order valence-electron chi connectivity index (χ1n) is 10.2. The number of hydrogen-bond acceptors (Lipinski definition) is 4. The van der Waals surface area contributed by atoms with Gasteiger partial charge in [0, 0.05) is 56.8 Å². The Balaban J connectivity index is 0.00000341. The Bertz CT molecular complexity index is 838. The van der Waals surface area contributed by atoms with Crippen molar-refractivity contribution in [3.8, 4) is 0 Å². The lowest BCUT2D eigenvalue weighted by Crippen LogP contribution is -2.45. The van der Waals surface area contributed by atoms with E-state index in [0.717, 1.165) is 67.6 Å². The van der Waals surface area contributed by atoms with Gasteiger partial charge in [-0.05, 0) is 30.5 Å². The molecule has 1 aliphatic heterocycles. The van der Waals surface area contributed by atoms with Crippen LogP contribution in [0.5, 0.6) is 0 Å². The monoisotopic (exact) mass is 567 g/mol. The smallest absolute Gasteiger partial charge is 0.356 e. The topological polar surface area (TPSA) is 52.6 Å². The summed E-state index contributed by atoms with van der Waals surface area (Å²) < 4.78 is 38.1. The van der Waals surface area contributed by atoms with Crippen molar-refractivity contribution in [3.63, 3.8) is 0 Å². The molecular weight excluding hydrogens is 538 g/mol. The summed E-state index contributed by atoms with van der Waals surface area (Å²) in [5.41, 5.74) is 0.284. The van der Waals surface area contributed by atoms with E-state index in [0.29, 0.717) is 6.54 Å². The Hall–Kier alpha value is -1.40. The van der Waals surface area contributed by atoms with Gasteiger partial charge in [-0.15, -0.1) is 35.3 Å². The molecule has 1 fully saturated rings. The van der Waals surface area contributed by atoms with E-state index in [4.69, 9.17) is 0 Å². The van der Waals surface area contributed by atoms with E-state index >= 15 is 0 Å². The molecule has 5 nitrogen and oxygen atoms in total. The fraction of sp³-hybridized carbons (Fsp3) is 0.524. The standard InChI is InChI=1S/C21H28F3N5S.HI/c1-3-18-12-27-19(30-18)8-10-26-20(25-2)28-17-9-11-29(14-17)13-15-4-6-16(7-5-15)21(22,23)24;/h4-7,12,17H,3,8-11,13-14H2,1-2H3,(H2,25,26,28);1H. The lowest BCUT2D eigenvalue weighted by molar-refractivity contribution is -0.137. The number of aromatic nitrogens is 1. The van der Waals surface area contributed by atoms with Crippen LogP contribution in [0.4, 0.5) is 13.2 Å². The molecule has 0 bridgehead atoms. The summed E-state index contributed by atoms with van der Waals surface area (Å²) >= 11 is 1.75. The SMILES string of the molecule is CCc1cnc(CCNC(=NC)NC2CCN(Cc3ccc(C(F)(F)F)cc3)C2)s1.I. The van der Waals surface area contributed by atoms with Crippen LogP contribution in [0.15, 0.2) is 35.5 Å². The lowest BCUT2D eigenvalue weighted by Gasteiger charge is -2.19. The first-order chi connectivity index (χ1) is 14.4. The fourth-order valence-electron chi connectivity index (χ4n) is 3.45. The molecule has 10 heteroatoms. The molecule has 31 heavy (non-hydrogen) atoms. The van der Waals surface area contributed by atoms with Crippen LogP contribution in [0.1, 0.15) is 34.4 Å². The number of thiazole rings is 1. The normalized spacial score (nSPS) is 17.5. The third kappa shape index (κ3) is 7.90. The number of halogens is 4. The van der Waals surface area contributed by atoms with Gasteiger partial charge >= 0.3 is 6.18 Å². The molecular formula is C21H29F3IN5S. The van der Waals surface area contributed by atoms with E-state index in [1.807, 2.05) is 6.20 Å². The number of guanidine groups is 1. The highest BCUT2D eigenvalue weighted by Crippen LogP contribution is 2.29. The molecule has 0 aliphatic carbocycles. The number of aliphatic imine (C=N–C) groups is 1. The van der Waals surface area contributed by atoms with E-state index in [-0.39, 0.29) is 30.0 Å². The van der Waals surface area contributed by atoms with Gasteiger partial charge in [-0.1, -0.05) is 19.1 Å². The average molecular weight is 567 g/mol.